The fourth-order valence-electron chi connectivity index (χ4n) is 2.69. The number of aromatic nitrogens is 1. The molecule has 1 saturated heterocycles. The number of thiazole rings is 1. The van der Waals surface area contributed by atoms with E-state index >= 15 is 0 Å². The van der Waals surface area contributed by atoms with Gasteiger partial charge in [0, 0.05) is 37.1 Å². The molecule has 1 N–H and O–H groups in total. The first-order valence-electron chi connectivity index (χ1n) is 6.93. The molecule has 0 spiro atoms. The molecule has 1 fully saturated rings. The van der Waals surface area contributed by atoms with Crippen LogP contribution in [0.1, 0.15) is 37.9 Å². The van der Waals surface area contributed by atoms with Crippen LogP contribution in [0.5, 0.6) is 0 Å². The van der Waals surface area contributed by atoms with Crippen LogP contribution in [0.15, 0.2) is 5.38 Å². The van der Waals surface area contributed by atoms with Crippen molar-refractivity contribution in [3.8, 4) is 0 Å². The third kappa shape index (κ3) is 3.77. The second-order valence-electron chi connectivity index (χ2n) is 5.88. The zero-order valence-electron chi connectivity index (χ0n) is 11.9. The highest BCUT2D eigenvalue weighted by atomic mass is 32.1. The topological polar surface area (TPSA) is 28.2 Å². The van der Waals surface area contributed by atoms with Crippen molar-refractivity contribution < 1.29 is 0 Å². The van der Waals surface area contributed by atoms with Gasteiger partial charge in [0.25, 0.3) is 0 Å². The fourth-order valence-corrected chi connectivity index (χ4v) is 3.29. The minimum atomic E-state index is 0.591. The first-order valence-corrected chi connectivity index (χ1v) is 7.81. The Kier molecular flexibility index (Phi) is 4.76. The fraction of sp³-hybridized carbons (Fsp3) is 0.786. The largest absolute Gasteiger partial charge is 0.311 e. The van der Waals surface area contributed by atoms with Crippen LogP contribution in [0.3, 0.4) is 0 Å². The van der Waals surface area contributed by atoms with Crippen LogP contribution in [-0.2, 0) is 6.54 Å². The molecule has 1 aliphatic rings. The molecule has 1 aromatic heterocycles. The van der Waals surface area contributed by atoms with E-state index in [-0.39, 0.29) is 0 Å². The summed E-state index contributed by atoms with van der Waals surface area (Å²) in [4.78, 5) is 7.21. The molecule has 0 bridgehead atoms. The molecular weight excluding hydrogens is 242 g/mol. The molecular formula is C14H25N3S. The Bertz CT molecular complexity index is 375. The van der Waals surface area contributed by atoms with Crippen LogP contribution in [0, 0.1) is 12.8 Å². The Hall–Kier alpha value is -0.450. The normalized spacial score (nSPS) is 25.8. The van der Waals surface area contributed by atoms with Crippen LogP contribution < -0.4 is 5.32 Å². The van der Waals surface area contributed by atoms with Gasteiger partial charge in [0.05, 0.1) is 10.7 Å². The summed E-state index contributed by atoms with van der Waals surface area (Å²) in [5.74, 6) is 0.755. The lowest BCUT2D eigenvalue weighted by atomic mass is 9.99. The van der Waals surface area contributed by atoms with Gasteiger partial charge in [-0.3, -0.25) is 4.90 Å². The molecule has 2 atom stereocenters. The maximum atomic E-state index is 4.60. The molecule has 0 aromatic carbocycles. The Labute approximate surface area is 115 Å². The van der Waals surface area contributed by atoms with Gasteiger partial charge in [-0.25, -0.2) is 4.98 Å². The van der Waals surface area contributed by atoms with Gasteiger partial charge in [-0.1, -0.05) is 13.8 Å². The highest BCUT2D eigenvalue weighted by molar-refractivity contribution is 7.09. The zero-order chi connectivity index (χ0) is 13.1. The number of piperazine rings is 1. The summed E-state index contributed by atoms with van der Waals surface area (Å²) in [5, 5.41) is 6.98. The van der Waals surface area contributed by atoms with Crippen molar-refractivity contribution in [2.24, 2.45) is 5.92 Å². The van der Waals surface area contributed by atoms with Crippen LogP contribution in [0.25, 0.3) is 0 Å². The summed E-state index contributed by atoms with van der Waals surface area (Å²) in [5.41, 5.74) is 1.24. The van der Waals surface area contributed by atoms with Crippen molar-refractivity contribution in [1.29, 1.82) is 0 Å². The van der Waals surface area contributed by atoms with Crippen molar-refractivity contribution in [3.05, 3.63) is 16.1 Å². The van der Waals surface area contributed by atoms with E-state index in [0.717, 1.165) is 25.6 Å². The van der Waals surface area contributed by atoms with Crippen molar-refractivity contribution >= 4 is 11.3 Å². The average molecular weight is 267 g/mol. The lowest BCUT2D eigenvalue weighted by molar-refractivity contribution is 0.110. The van der Waals surface area contributed by atoms with E-state index in [9.17, 15) is 0 Å². The molecule has 0 radical (unpaired) electrons. The summed E-state index contributed by atoms with van der Waals surface area (Å²) in [6.07, 6.45) is 1.27. The zero-order valence-corrected chi connectivity index (χ0v) is 12.8. The Morgan fingerprint density at radius 1 is 1.56 bits per heavy atom. The molecule has 4 heteroatoms. The highest BCUT2D eigenvalue weighted by Crippen LogP contribution is 2.19. The lowest BCUT2D eigenvalue weighted by Gasteiger charge is -2.39. The molecule has 2 rings (SSSR count). The van der Waals surface area contributed by atoms with Gasteiger partial charge in [0.1, 0.15) is 0 Å². The third-order valence-corrected chi connectivity index (χ3v) is 4.32. The van der Waals surface area contributed by atoms with E-state index in [4.69, 9.17) is 0 Å². The van der Waals surface area contributed by atoms with Crippen LogP contribution in [0.2, 0.25) is 0 Å². The molecule has 3 nitrogen and oxygen atoms in total. The van der Waals surface area contributed by atoms with E-state index < -0.39 is 0 Å². The quantitative estimate of drug-likeness (QED) is 0.909. The minimum absolute atomic E-state index is 0.591. The van der Waals surface area contributed by atoms with Gasteiger partial charge in [0.15, 0.2) is 0 Å². The van der Waals surface area contributed by atoms with Gasteiger partial charge >= 0.3 is 0 Å². The first kappa shape index (κ1) is 14.0. The second-order valence-corrected chi connectivity index (χ2v) is 6.94. The molecule has 2 heterocycles. The monoisotopic (exact) mass is 267 g/mol. The first-order chi connectivity index (χ1) is 8.54. The Balaban J connectivity index is 2.00. The van der Waals surface area contributed by atoms with E-state index in [0.29, 0.717) is 12.1 Å². The van der Waals surface area contributed by atoms with E-state index in [1.54, 1.807) is 11.3 Å². The molecule has 2 unspecified atom stereocenters. The Morgan fingerprint density at radius 2 is 2.33 bits per heavy atom. The van der Waals surface area contributed by atoms with Gasteiger partial charge in [0.2, 0.25) is 0 Å². The predicted octanol–water partition coefficient (Wildman–Crippen LogP) is 2.66. The summed E-state index contributed by atoms with van der Waals surface area (Å²) in [7, 11) is 0. The number of hydrogen-bond acceptors (Lipinski definition) is 4. The van der Waals surface area contributed by atoms with Crippen molar-refractivity contribution in [2.75, 3.05) is 13.1 Å². The molecule has 1 aliphatic heterocycles. The second kappa shape index (κ2) is 6.13. The smallest absolute Gasteiger partial charge is 0.0897 e. The third-order valence-electron chi connectivity index (χ3n) is 3.50. The average Bonchev–Trinajstić information content (AvgIpc) is 2.67. The van der Waals surface area contributed by atoms with Gasteiger partial charge in [-0.2, -0.15) is 0 Å². The van der Waals surface area contributed by atoms with E-state index in [1.165, 1.54) is 17.1 Å². The standard InChI is InChI=1S/C14H25N3S/c1-10(2)5-14-6-15-11(3)7-17(14)8-13-9-18-12(4)16-13/h9-11,14-15H,5-8H2,1-4H3. The number of rotatable bonds is 4. The molecule has 0 saturated carbocycles. The van der Waals surface area contributed by atoms with Crippen LogP contribution >= 0.6 is 11.3 Å². The lowest BCUT2D eigenvalue weighted by Crippen LogP contribution is -2.55. The molecule has 0 aliphatic carbocycles. The number of aryl methyl sites for hydroxylation is 1. The van der Waals surface area contributed by atoms with E-state index in [1.807, 2.05) is 0 Å². The van der Waals surface area contributed by atoms with Gasteiger partial charge in [-0.15, -0.1) is 11.3 Å². The van der Waals surface area contributed by atoms with Crippen molar-refractivity contribution in [3.63, 3.8) is 0 Å². The maximum absolute atomic E-state index is 4.60. The number of nitrogens with one attached hydrogen (secondary N) is 1. The van der Waals surface area contributed by atoms with E-state index in [2.05, 4.69) is 48.3 Å². The summed E-state index contributed by atoms with van der Waals surface area (Å²) in [6, 6.07) is 1.25. The van der Waals surface area contributed by atoms with Gasteiger partial charge in [-0.05, 0) is 26.2 Å². The number of hydrogen-bond donors (Lipinski definition) is 1. The summed E-state index contributed by atoms with van der Waals surface area (Å²) >= 11 is 1.76. The number of nitrogens with zero attached hydrogens (tertiary/aromatic N) is 2. The molecule has 0 amide bonds. The van der Waals surface area contributed by atoms with Crippen LogP contribution in [0.4, 0.5) is 0 Å². The summed E-state index contributed by atoms with van der Waals surface area (Å²) < 4.78 is 0. The van der Waals surface area contributed by atoms with Crippen molar-refractivity contribution in [1.82, 2.24) is 15.2 Å². The predicted molar refractivity (Wildman–Crippen MR) is 78.0 cm³/mol. The highest BCUT2D eigenvalue weighted by Gasteiger charge is 2.26. The Morgan fingerprint density at radius 3 is 2.94 bits per heavy atom. The van der Waals surface area contributed by atoms with Crippen LogP contribution in [-0.4, -0.2) is 35.1 Å². The summed E-state index contributed by atoms with van der Waals surface area (Å²) in [6.45, 7) is 12.2. The SMILES string of the molecule is Cc1nc(CN2CC(C)NCC2CC(C)C)cs1. The maximum Gasteiger partial charge on any atom is 0.0897 e. The molecule has 102 valence electrons. The van der Waals surface area contributed by atoms with Crippen molar-refractivity contribution in [2.45, 2.75) is 52.7 Å². The molecule has 1 aromatic rings. The minimum Gasteiger partial charge on any atom is -0.311 e. The van der Waals surface area contributed by atoms with Gasteiger partial charge < -0.3 is 5.32 Å². The molecule has 18 heavy (non-hydrogen) atoms.